The molecule has 1 aliphatic heterocycles. The van der Waals surface area contributed by atoms with E-state index in [2.05, 4.69) is 5.32 Å². The fourth-order valence-corrected chi connectivity index (χ4v) is 3.47. The molecule has 3 aromatic rings. The maximum absolute atomic E-state index is 13.8. The average molecular weight is 368 g/mol. The van der Waals surface area contributed by atoms with Gasteiger partial charge in [0.2, 0.25) is 5.91 Å². The number of benzene rings is 2. The van der Waals surface area contributed by atoms with E-state index in [1.807, 2.05) is 0 Å². The Balaban J connectivity index is 1.99. The summed E-state index contributed by atoms with van der Waals surface area (Å²) in [4.78, 5) is 23.9. The molecule has 2 N–H and O–H groups in total. The van der Waals surface area contributed by atoms with Crippen molar-refractivity contribution >= 4 is 17.6 Å². The van der Waals surface area contributed by atoms with Crippen molar-refractivity contribution in [2.24, 2.45) is 0 Å². The minimum Gasteiger partial charge on any atom is -0.478 e. The number of hydrogen-bond donors (Lipinski definition) is 2. The number of nitrogens with zero attached hydrogens (tertiary/aromatic N) is 1. The number of carboxylic acids is 1. The molecule has 136 valence electrons. The fourth-order valence-electron chi connectivity index (χ4n) is 3.47. The van der Waals surface area contributed by atoms with Crippen molar-refractivity contribution in [1.29, 1.82) is 0 Å². The molecule has 7 heteroatoms. The number of aromatic nitrogens is 1. The van der Waals surface area contributed by atoms with Gasteiger partial charge < -0.3 is 15.0 Å². The van der Waals surface area contributed by atoms with Crippen LogP contribution in [0.4, 0.5) is 14.5 Å². The van der Waals surface area contributed by atoms with Crippen LogP contribution in [-0.2, 0) is 4.79 Å². The first kappa shape index (κ1) is 17.0. The first-order valence-electron chi connectivity index (χ1n) is 8.24. The summed E-state index contributed by atoms with van der Waals surface area (Å²) in [6.07, 6.45) is 1.37. The van der Waals surface area contributed by atoms with Gasteiger partial charge >= 0.3 is 5.97 Å². The van der Waals surface area contributed by atoms with Crippen LogP contribution in [0.15, 0.2) is 54.7 Å². The van der Waals surface area contributed by atoms with Crippen molar-refractivity contribution in [1.82, 2.24) is 4.57 Å². The first-order valence-corrected chi connectivity index (χ1v) is 8.24. The minimum atomic E-state index is -1.22. The molecule has 0 saturated carbocycles. The zero-order valence-corrected chi connectivity index (χ0v) is 13.9. The molecule has 0 bridgehead atoms. The third kappa shape index (κ3) is 2.97. The van der Waals surface area contributed by atoms with Gasteiger partial charge in [0, 0.05) is 24.2 Å². The van der Waals surface area contributed by atoms with Gasteiger partial charge in [0.05, 0.1) is 11.4 Å². The highest BCUT2D eigenvalue weighted by molar-refractivity contribution is 6.04. The molecule has 2 heterocycles. The summed E-state index contributed by atoms with van der Waals surface area (Å²) in [6.45, 7) is 0. The summed E-state index contributed by atoms with van der Waals surface area (Å²) < 4.78 is 29.0. The van der Waals surface area contributed by atoms with Crippen LogP contribution in [0.5, 0.6) is 0 Å². The second-order valence-electron chi connectivity index (χ2n) is 6.32. The molecular weight excluding hydrogens is 354 g/mol. The molecule has 1 aromatic heterocycles. The molecular formula is C20H14F2N2O3. The van der Waals surface area contributed by atoms with Crippen molar-refractivity contribution in [3.05, 3.63) is 83.2 Å². The van der Waals surface area contributed by atoms with Gasteiger partial charge in [0.25, 0.3) is 0 Å². The molecule has 0 spiro atoms. The topological polar surface area (TPSA) is 71.3 Å². The largest absolute Gasteiger partial charge is 0.478 e. The Labute approximate surface area is 152 Å². The number of rotatable bonds is 3. The molecule has 0 unspecified atom stereocenters. The van der Waals surface area contributed by atoms with E-state index in [4.69, 9.17) is 0 Å². The number of hydrogen-bond acceptors (Lipinski definition) is 2. The molecule has 27 heavy (non-hydrogen) atoms. The van der Waals surface area contributed by atoms with Gasteiger partial charge in [-0.05, 0) is 35.9 Å². The van der Waals surface area contributed by atoms with Crippen LogP contribution in [0.1, 0.15) is 34.0 Å². The summed E-state index contributed by atoms with van der Waals surface area (Å²) >= 11 is 0. The third-order valence-electron chi connectivity index (χ3n) is 4.60. The second-order valence-corrected chi connectivity index (χ2v) is 6.32. The summed E-state index contributed by atoms with van der Waals surface area (Å²) in [5.41, 5.74) is 1.47. The van der Waals surface area contributed by atoms with Crippen LogP contribution in [0.2, 0.25) is 0 Å². The van der Waals surface area contributed by atoms with E-state index in [9.17, 15) is 23.5 Å². The van der Waals surface area contributed by atoms with Crippen LogP contribution in [0.3, 0.4) is 0 Å². The number of carbonyl (C=O) groups is 2. The highest BCUT2D eigenvalue weighted by Crippen LogP contribution is 2.41. The number of amides is 1. The average Bonchev–Trinajstić information content (AvgIpc) is 3.00. The Hall–Kier alpha value is -3.48. The van der Waals surface area contributed by atoms with Crippen molar-refractivity contribution in [3.63, 3.8) is 0 Å². The summed E-state index contributed by atoms with van der Waals surface area (Å²) in [5, 5.41) is 12.1. The van der Waals surface area contributed by atoms with Crippen LogP contribution in [0, 0.1) is 11.6 Å². The molecule has 0 radical (unpaired) electrons. The van der Waals surface area contributed by atoms with Gasteiger partial charge in [0.15, 0.2) is 0 Å². The van der Waals surface area contributed by atoms with Crippen molar-refractivity contribution < 1.29 is 23.5 Å². The van der Waals surface area contributed by atoms with Crippen LogP contribution >= 0.6 is 0 Å². The van der Waals surface area contributed by atoms with Gasteiger partial charge in [-0.2, -0.15) is 0 Å². The number of carboxylic acid groups (broad SMARTS) is 1. The number of nitrogens with one attached hydrogen (secondary N) is 1. The lowest BCUT2D eigenvalue weighted by Gasteiger charge is -2.26. The van der Waals surface area contributed by atoms with Crippen LogP contribution in [-0.4, -0.2) is 21.6 Å². The summed E-state index contributed by atoms with van der Waals surface area (Å²) in [6, 6.07) is 11.5. The van der Waals surface area contributed by atoms with Crippen LogP contribution < -0.4 is 5.32 Å². The molecule has 2 aromatic carbocycles. The molecule has 1 amide bonds. The molecule has 1 atom stereocenters. The Bertz CT molecular complexity index is 1070. The van der Waals surface area contributed by atoms with Crippen molar-refractivity contribution in [2.75, 3.05) is 5.32 Å². The maximum atomic E-state index is 13.8. The minimum absolute atomic E-state index is 0.0227. The lowest BCUT2D eigenvalue weighted by atomic mass is 9.88. The smallest absolute Gasteiger partial charge is 0.339 e. The Morgan fingerprint density at radius 3 is 2.48 bits per heavy atom. The van der Waals surface area contributed by atoms with E-state index in [0.29, 0.717) is 16.9 Å². The van der Waals surface area contributed by atoms with E-state index in [-0.39, 0.29) is 23.6 Å². The SMILES string of the molecule is O=C1C[C@@H](c2cccc(F)c2)c2c(c(C(=O)O)cn2-c2cccc(F)c2)N1. The number of carbonyl (C=O) groups excluding carboxylic acids is 1. The molecule has 0 fully saturated rings. The quantitative estimate of drug-likeness (QED) is 0.736. The lowest BCUT2D eigenvalue weighted by Crippen LogP contribution is -2.25. The van der Waals surface area contributed by atoms with E-state index < -0.39 is 23.5 Å². The lowest BCUT2D eigenvalue weighted by molar-refractivity contribution is -0.116. The monoisotopic (exact) mass is 368 g/mol. The third-order valence-corrected chi connectivity index (χ3v) is 4.60. The molecule has 1 aliphatic rings. The Morgan fingerprint density at radius 1 is 1.11 bits per heavy atom. The zero-order chi connectivity index (χ0) is 19.1. The van der Waals surface area contributed by atoms with E-state index >= 15 is 0 Å². The van der Waals surface area contributed by atoms with E-state index in [1.165, 1.54) is 47.2 Å². The van der Waals surface area contributed by atoms with Gasteiger partial charge in [-0.25, -0.2) is 13.6 Å². The van der Waals surface area contributed by atoms with Crippen molar-refractivity contribution in [3.8, 4) is 5.69 Å². The highest BCUT2D eigenvalue weighted by Gasteiger charge is 2.34. The highest BCUT2D eigenvalue weighted by atomic mass is 19.1. The van der Waals surface area contributed by atoms with Crippen LogP contribution in [0.25, 0.3) is 5.69 Å². The second kappa shape index (κ2) is 6.35. The summed E-state index contributed by atoms with van der Waals surface area (Å²) in [7, 11) is 0. The fraction of sp³-hybridized carbons (Fsp3) is 0.100. The Kier molecular flexibility index (Phi) is 3.99. The van der Waals surface area contributed by atoms with Gasteiger partial charge in [-0.3, -0.25) is 4.79 Å². The predicted molar refractivity (Wildman–Crippen MR) is 94.2 cm³/mol. The standard InChI is InChI=1S/C20H14F2N2O3/c21-12-4-1-3-11(7-12)15-9-17(25)23-18-16(20(26)27)10-24(19(15)18)14-6-2-5-13(22)8-14/h1-8,10,15H,9H2,(H,23,25)(H,26,27)/t15-/m0/s1. The zero-order valence-electron chi connectivity index (χ0n) is 13.9. The van der Waals surface area contributed by atoms with Gasteiger partial charge in [-0.15, -0.1) is 0 Å². The first-order chi connectivity index (χ1) is 12.9. The number of aromatic carboxylic acids is 1. The predicted octanol–water partition coefficient (Wildman–Crippen LogP) is 3.93. The van der Waals surface area contributed by atoms with Crippen molar-refractivity contribution in [2.45, 2.75) is 12.3 Å². The van der Waals surface area contributed by atoms with E-state index in [0.717, 1.165) is 0 Å². The molecule has 0 aliphatic carbocycles. The number of anilines is 1. The molecule has 4 rings (SSSR count). The molecule has 5 nitrogen and oxygen atoms in total. The summed E-state index contributed by atoms with van der Waals surface area (Å²) in [5.74, 6) is -3.09. The van der Waals surface area contributed by atoms with Gasteiger partial charge in [0.1, 0.15) is 17.2 Å². The molecule has 0 saturated heterocycles. The maximum Gasteiger partial charge on any atom is 0.339 e. The number of fused-ring (bicyclic) bond motifs is 1. The van der Waals surface area contributed by atoms with E-state index in [1.54, 1.807) is 12.1 Å². The van der Waals surface area contributed by atoms with Gasteiger partial charge in [-0.1, -0.05) is 18.2 Å². The normalized spacial score (nSPS) is 15.9. The number of halogens is 2. The Morgan fingerprint density at radius 2 is 1.81 bits per heavy atom.